The van der Waals surface area contributed by atoms with E-state index in [1.54, 1.807) is 16.0 Å². The Kier molecular flexibility index (Phi) is 5.71. The Hall–Kier alpha value is -1.10. The number of hydrogen-bond acceptors (Lipinski definition) is 8. The quantitative estimate of drug-likeness (QED) is 0.658. The normalized spacial score (nSPS) is 19.7. The molecular formula is C15H22N4O3S3. The Balaban J connectivity index is 1.73. The third-order valence-corrected chi connectivity index (χ3v) is 7.07. The van der Waals surface area contributed by atoms with Crippen LogP contribution in [0.4, 0.5) is 0 Å². The molecule has 1 unspecified atom stereocenters. The predicted octanol–water partition coefficient (Wildman–Crippen LogP) is 2.42. The highest BCUT2D eigenvalue weighted by molar-refractivity contribution is 7.91. The number of sulfone groups is 1. The van der Waals surface area contributed by atoms with Crippen LogP contribution in [0, 0.1) is 11.8 Å². The standard InChI is InChI=1S/C15H22N4O3S3/c1-3-5-18(13-4-6-25(20,21)9-13)10-19-15(23)22-14(17-19)7-12-8-24-11(2)16-12/h8,13H,3-7,9-10H2,1-2H3. The zero-order valence-corrected chi connectivity index (χ0v) is 16.8. The molecule has 0 bridgehead atoms. The zero-order valence-electron chi connectivity index (χ0n) is 14.3. The van der Waals surface area contributed by atoms with Crippen LogP contribution in [0.25, 0.3) is 0 Å². The van der Waals surface area contributed by atoms with Gasteiger partial charge in [0.2, 0.25) is 5.89 Å². The predicted molar refractivity (Wildman–Crippen MR) is 99.0 cm³/mol. The number of nitrogens with zero attached hydrogens (tertiary/aromatic N) is 4. The minimum absolute atomic E-state index is 0.0215. The molecule has 0 aliphatic carbocycles. The van der Waals surface area contributed by atoms with Crippen molar-refractivity contribution in [1.82, 2.24) is 19.7 Å². The Bertz CT molecular complexity index is 884. The van der Waals surface area contributed by atoms with Crippen molar-refractivity contribution in [2.75, 3.05) is 18.1 Å². The maximum absolute atomic E-state index is 11.8. The van der Waals surface area contributed by atoms with Crippen molar-refractivity contribution < 1.29 is 12.8 Å². The summed E-state index contributed by atoms with van der Waals surface area (Å²) in [7, 11) is -2.92. The molecule has 10 heteroatoms. The fraction of sp³-hybridized carbons (Fsp3) is 0.667. The van der Waals surface area contributed by atoms with E-state index in [-0.39, 0.29) is 17.5 Å². The molecule has 1 fully saturated rings. The summed E-state index contributed by atoms with van der Waals surface area (Å²) >= 11 is 6.88. The lowest BCUT2D eigenvalue weighted by Gasteiger charge is -2.26. The summed E-state index contributed by atoms with van der Waals surface area (Å²) < 4.78 is 30.8. The zero-order chi connectivity index (χ0) is 18.0. The van der Waals surface area contributed by atoms with Gasteiger partial charge in [0.1, 0.15) is 0 Å². The summed E-state index contributed by atoms with van der Waals surface area (Å²) in [5, 5.41) is 7.45. The SMILES string of the molecule is CCCN(Cn1nc(Cc2csc(C)n2)oc1=S)C1CCS(=O)(=O)C1. The molecule has 0 N–H and O–H groups in total. The summed E-state index contributed by atoms with van der Waals surface area (Å²) in [5.74, 6) is 1.01. The van der Waals surface area contributed by atoms with Crippen LogP contribution in [0.1, 0.15) is 36.4 Å². The second kappa shape index (κ2) is 7.65. The van der Waals surface area contributed by atoms with Crippen LogP contribution in [-0.4, -0.2) is 52.2 Å². The second-order valence-corrected chi connectivity index (χ2v) is 9.95. The van der Waals surface area contributed by atoms with Crippen LogP contribution in [-0.2, 0) is 22.9 Å². The molecule has 0 radical (unpaired) electrons. The second-order valence-electron chi connectivity index (χ2n) is 6.31. The van der Waals surface area contributed by atoms with Crippen LogP contribution >= 0.6 is 23.6 Å². The first-order valence-corrected chi connectivity index (χ1v) is 11.4. The number of thiazole rings is 1. The number of rotatable bonds is 7. The van der Waals surface area contributed by atoms with Crippen LogP contribution in [0.2, 0.25) is 0 Å². The average Bonchev–Trinajstić information content (AvgIpc) is 3.19. The van der Waals surface area contributed by atoms with E-state index in [1.807, 2.05) is 12.3 Å². The summed E-state index contributed by atoms with van der Waals surface area (Å²) in [6.45, 7) is 5.29. The largest absolute Gasteiger partial charge is 0.414 e. The van der Waals surface area contributed by atoms with Gasteiger partial charge in [-0.05, 0) is 38.5 Å². The third kappa shape index (κ3) is 4.75. The van der Waals surface area contributed by atoms with E-state index < -0.39 is 9.84 Å². The molecule has 2 aromatic heterocycles. The van der Waals surface area contributed by atoms with Crippen LogP contribution in [0.15, 0.2) is 9.80 Å². The Morgan fingerprint density at radius 2 is 2.32 bits per heavy atom. The molecule has 3 heterocycles. The Morgan fingerprint density at radius 3 is 2.92 bits per heavy atom. The van der Waals surface area contributed by atoms with Crippen LogP contribution in [0.5, 0.6) is 0 Å². The lowest BCUT2D eigenvalue weighted by atomic mass is 10.2. The first-order valence-electron chi connectivity index (χ1n) is 8.28. The van der Waals surface area contributed by atoms with Crippen molar-refractivity contribution >= 4 is 33.4 Å². The molecular weight excluding hydrogens is 380 g/mol. The van der Waals surface area contributed by atoms with Gasteiger partial charge in [0.25, 0.3) is 4.84 Å². The molecule has 25 heavy (non-hydrogen) atoms. The summed E-state index contributed by atoms with van der Waals surface area (Å²) in [5.41, 5.74) is 0.915. The van der Waals surface area contributed by atoms with Crippen molar-refractivity contribution in [3.63, 3.8) is 0 Å². The molecule has 3 rings (SSSR count). The van der Waals surface area contributed by atoms with Gasteiger partial charge in [-0.3, -0.25) is 4.90 Å². The van der Waals surface area contributed by atoms with Gasteiger partial charge >= 0.3 is 0 Å². The molecule has 0 spiro atoms. The molecule has 138 valence electrons. The summed E-state index contributed by atoms with van der Waals surface area (Å²) in [4.78, 5) is 6.86. The fourth-order valence-corrected chi connectivity index (χ4v) is 5.61. The smallest absolute Gasteiger partial charge is 0.288 e. The average molecular weight is 403 g/mol. The number of aryl methyl sites for hydroxylation is 1. The maximum atomic E-state index is 11.8. The number of hydrogen-bond donors (Lipinski definition) is 0. The summed E-state index contributed by atoms with van der Waals surface area (Å²) in [6, 6.07) is 0.0215. The van der Waals surface area contributed by atoms with E-state index in [0.717, 1.165) is 23.7 Å². The van der Waals surface area contributed by atoms with E-state index in [4.69, 9.17) is 16.6 Å². The molecule has 1 saturated heterocycles. The van der Waals surface area contributed by atoms with E-state index in [1.165, 1.54) is 0 Å². The van der Waals surface area contributed by atoms with E-state index in [2.05, 4.69) is 21.9 Å². The minimum atomic E-state index is -2.92. The van der Waals surface area contributed by atoms with Crippen molar-refractivity contribution in [3.05, 3.63) is 26.8 Å². The molecule has 0 saturated carbocycles. The molecule has 1 aliphatic heterocycles. The van der Waals surface area contributed by atoms with Gasteiger partial charge in [-0.15, -0.1) is 16.4 Å². The maximum Gasteiger partial charge on any atom is 0.288 e. The monoisotopic (exact) mass is 402 g/mol. The first-order chi connectivity index (χ1) is 11.9. The van der Waals surface area contributed by atoms with Gasteiger partial charge in [0, 0.05) is 11.4 Å². The Morgan fingerprint density at radius 1 is 1.52 bits per heavy atom. The van der Waals surface area contributed by atoms with E-state index >= 15 is 0 Å². The van der Waals surface area contributed by atoms with Crippen molar-refractivity contribution in [1.29, 1.82) is 0 Å². The highest BCUT2D eigenvalue weighted by Crippen LogP contribution is 2.19. The molecule has 0 amide bonds. The minimum Gasteiger partial charge on any atom is -0.414 e. The Labute approximate surface area is 156 Å². The molecule has 1 aliphatic rings. The summed E-state index contributed by atoms with van der Waals surface area (Å²) in [6.07, 6.45) is 2.11. The fourth-order valence-electron chi connectivity index (χ4n) is 3.05. The van der Waals surface area contributed by atoms with Gasteiger partial charge in [-0.1, -0.05) is 6.92 Å². The van der Waals surface area contributed by atoms with E-state index in [0.29, 0.717) is 30.2 Å². The molecule has 2 aromatic rings. The van der Waals surface area contributed by atoms with Crippen LogP contribution in [0.3, 0.4) is 0 Å². The topological polar surface area (TPSA) is 81.2 Å². The lowest BCUT2D eigenvalue weighted by Crippen LogP contribution is -2.38. The molecule has 1 atom stereocenters. The molecule has 0 aromatic carbocycles. The van der Waals surface area contributed by atoms with Crippen molar-refractivity contribution in [2.24, 2.45) is 0 Å². The van der Waals surface area contributed by atoms with Gasteiger partial charge < -0.3 is 4.42 Å². The lowest BCUT2D eigenvalue weighted by molar-refractivity contribution is 0.153. The van der Waals surface area contributed by atoms with Gasteiger partial charge in [-0.25, -0.2) is 18.1 Å². The van der Waals surface area contributed by atoms with Crippen LogP contribution < -0.4 is 0 Å². The molecule has 7 nitrogen and oxygen atoms in total. The van der Waals surface area contributed by atoms with Crippen molar-refractivity contribution in [3.8, 4) is 0 Å². The van der Waals surface area contributed by atoms with Gasteiger partial charge in [0.15, 0.2) is 9.84 Å². The van der Waals surface area contributed by atoms with Gasteiger partial charge in [0.05, 0.1) is 35.3 Å². The van der Waals surface area contributed by atoms with Crippen molar-refractivity contribution in [2.45, 2.75) is 45.8 Å². The van der Waals surface area contributed by atoms with Gasteiger partial charge in [-0.2, -0.15) is 0 Å². The highest BCUT2D eigenvalue weighted by Gasteiger charge is 2.32. The first kappa shape index (κ1) is 18.7. The highest BCUT2D eigenvalue weighted by atomic mass is 32.2. The van der Waals surface area contributed by atoms with E-state index in [9.17, 15) is 8.42 Å². The number of aromatic nitrogens is 3. The third-order valence-electron chi connectivity index (χ3n) is 4.20.